The molecule has 3 nitrogen and oxygen atoms in total. The minimum absolute atomic E-state index is 0. The summed E-state index contributed by atoms with van der Waals surface area (Å²) in [6.45, 7) is 5.81. The summed E-state index contributed by atoms with van der Waals surface area (Å²) in [5, 5.41) is 10.4. The topological polar surface area (TPSA) is 46.5 Å². The fraction of sp³-hybridized carbons (Fsp3) is 0.933. The SMILES string of the molecule is CC.CC1C(=O)C2CCC1(O)OC21CCCCC1.[W]. The zero-order valence-corrected chi connectivity index (χ0v) is 15.2. The van der Waals surface area contributed by atoms with Crippen LogP contribution in [0.3, 0.4) is 0 Å². The minimum Gasteiger partial charge on any atom is -0.365 e. The maximum Gasteiger partial charge on any atom is 0.175 e. The first-order chi connectivity index (χ1) is 8.57. The van der Waals surface area contributed by atoms with E-state index in [0.29, 0.717) is 6.42 Å². The Balaban J connectivity index is 0.000000576. The van der Waals surface area contributed by atoms with Crippen molar-refractivity contribution in [2.75, 3.05) is 0 Å². The summed E-state index contributed by atoms with van der Waals surface area (Å²) in [4.78, 5) is 12.2. The molecule has 2 aliphatic heterocycles. The van der Waals surface area contributed by atoms with E-state index < -0.39 is 5.79 Å². The number of carbonyl (C=O) groups excluding carboxylic acids is 1. The van der Waals surface area contributed by atoms with Crippen molar-refractivity contribution in [3.8, 4) is 0 Å². The van der Waals surface area contributed by atoms with Gasteiger partial charge in [0, 0.05) is 33.4 Å². The second-order valence-electron chi connectivity index (χ2n) is 5.79. The largest absolute Gasteiger partial charge is 0.365 e. The van der Waals surface area contributed by atoms with Gasteiger partial charge >= 0.3 is 0 Å². The van der Waals surface area contributed by atoms with Crippen molar-refractivity contribution >= 4 is 5.78 Å². The summed E-state index contributed by atoms with van der Waals surface area (Å²) in [7, 11) is 0. The van der Waals surface area contributed by atoms with E-state index in [1.165, 1.54) is 6.42 Å². The molecule has 2 bridgehead atoms. The van der Waals surface area contributed by atoms with E-state index in [4.69, 9.17) is 4.74 Å². The van der Waals surface area contributed by atoms with Crippen molar-refractivity contribution < 1.29 is 35.7 Å². The van der Waals surface area contributed by atoms with Crippen LogP contribution in [-0.2, 0) is 30.6 Å². The summed E-state index contributed by atoms with van der Waals surface area (Å²) < 4.78 is 6.02. The van der Waals surface area contributed by atoms with E-state index in [-0.39, 0.29) is 44.3 Å². The van der Waals surface area contributed by atoms with Gasteiger partial charge in [-0.05, 0) is 19.3 Å². The number of hydrogen-bond donors (Lipinski definition) is 1. The normalized spacial score (nSPS) is 39.3. The molecule has 4 fully saturated rings. The fourth-order valence-corrected chi connectivity index (χ4v) is 3.92. The Labute approximate surface area is 130 Å². The van der Waals surface area contributed by atoms with Gasteiger partial charge < -0.3 is 9.84 Å². The molecule has 0 radical (unpaired) electrons. The summed E-state index contributed by atoms with van der Waals surface area (Å²) in [5.41, 5.74) is -0.311. The van der Waals surface area contributed by atoms with Crippen molar-refractivity contribution in [3.63, 3.8) is 0 Å². The van der Waals surface area contributed by atoms with Gasteiger partial charge in [-0.2, -0.15) is 0 Å². The molecule has 0 aromatic rings. The Hall–Kier alpha value is 0.278. The zero-order valence-electron chi connectivity index (χ0n) is 12.3. The molecule has 19 heavy (non-hydrogen) atoms. The molecule has 0 aromatic carbocycles. The molecule has 4 aliphatic rings. The summed E-state index contributed by atoms with van der Waals surface area (Å²) in [5.74, 6) is -1.21. The molecule has 2 saturated heterocycles. The molecule has 2 heterocycles. The smallest absolute Gasteiger partial charge is 0.175 e. The van der Waals surface area contributed by atoms with E-state index in [2.05, 4.69) is 0 Å². The Morgan fingerprint density at radius 2 is 1.74 bits per heavy atom. The number of ether oxygens (including phenoxy) is 1. The molecule has 2 aliphatic carbocycles. The average molecular weight is 438 g/mol. The molecular formula is C15H26O3W. The Morgan fingerprint density at radius 3 is 2.26 bits per heavy atom. The molecule has 4 rings (SSSR count). The third kappa shape index (κ3) is 2.71. The van der Waals surface area contributed by atoms with E-state index in [9.17, 15) is 9.90 Å². The summed E-state index contributed by atoms with van der Waals surface area (Å²) in [6, 6.07) is 0. The van der Waals surface area contributed by atoms with Gasteiger partial charge in [-0.15, -0.1) is 0 Å². The van der Waals surface area contributed by atoms with E-state index in [1.807, 2.05) is 20.8 Å². The number of rotatable bonds is 0. The Kier molecular flexibility index (Phi) is 5.81. The van der Waals surface area contributed by atoms with Gasteiger partial charge in [0.15, 0.2) is 5.79 Å². The average Bonchev–Trinajstić information content (AvgIpc) is 2.39. The van der Waals surface area contributed by atoms with Crippen molar-refractivity contribution in [2.45, 2.75) is 77.1 Å². The molecule has 110 valence electrons. The van der Waals surface area contributed by atoms with Gasteiger partial charge in [-0.3, -0.25) is 4.79 Å². The molecule has 0 amide bonds. The monoisotopic (exact) mass is 438 g/mol. The van der Waals surface area contributed by atoms with E-state index in [0.717, 1.165) is 32.1 Å². The van der Waals surface area contributed by atoms with Gasteiger partial charge in [0.25, 0.3) is 0 Å². The third-order valence-corrected chi connectivity index (χ3v) is 4.95. The second kappa shape index (κ2) is 6.37. The van der Waals surface area contributed by atoms with Crippen LogP contribution in [0.4, 0.5) is 0 Å². The Bertz CT molecular complexity index is 325. The first-order valence-corrected chi connectivity index (χ1v) is 7.54. The Morgan fingerprint density at radius 1 is 1.16 bits per heavy atom. The van der Waals surface area contributed by atoms with Crippen molar-refractivity contribution in [1.29, 1.82) is 0 Å². The van der Waals surface area contributed by atoms with Gasteiger partial charge in [-0.1, -0.05) is 40.0 Å². The van der Waals surface area contributed by atoms with Crippen LogP contribution in [0, 0.1) is 11.8 Å². The van der Waals surface area contributed by atoms with Crippen LogP contribution in [-0.4, -0.2) is 22.3 Å². The quantitative estimate of drug-likeness (QED) is 0.633. The van der Waals surface area contributed by atoms with Crippen LogP contribution in [0.2, 0.25) is 0 Å². The molecular weight excluding hydrogens is 412 g/mol. The van der Waals surface area contributed by atoms with Gasteiger partial charge in [0.05, 0.1) is 11.5 Å². The molecule has 2 saturated carbocycles. The van der Waals surface area contributed by atoms with Crippen molar-refractivity contribution in [2.24, 2.45) is 11.8 Å². The predicted octanol–water partition coefficient (Wildman–Crippen LogP) is 3.05. The minimum atomic E-state index is -1.16. The maximum absolute atomic E-state index is 12.2. The molecule has 0 aromatic heterocycles. The predicted molar refractivity (Wildman–Crippen MR) is 70.1 cm³/mol. The molecule has 1 spiro atoms. The van der Waals surface area contributed by atoms with Crippen LogP contribution in [0.15, 0.2) is 0 Å². The first-order valence-electron chi connectivity index (χ1n) is 7.54. The summed E-state index contributed by atoms with van der Waals surface area (Å²) in [6.07, 6.45) is 6.87. The molecule has 3 atom stereocenters. The molecule has 4 heteroatoms. The molecule has 1 N–H and O–H groups in total. The first kappa shape index (κ1) is 17.3. The van der Waals surface area contributed by atoms with E-state index >= 15 is 0 Å². The van der Waals surface area contributed by atoms with Crippen molar-refractivity contribution in [3.05, 3.63) is 0 Å². The number of carbonyl (C=O) groups is 1. The second-order valence-corrected chi connectivity index (χ2v) is 5.79. The third-order valence-electron chi connectivity index (χ3n) is 4.95. The summed E-state index contributed by atoms with van der Waals surface area (Å²) >= 11 is 0. The maximum atomic E-state index is 12.2. The number of hydrogen-bond acceptors (Lipinski definition) is 3. The van der Waals surface area contributed by atoms with Crippen LogP contribution in [0.25, 0.3) is 0 Å². The van der Waals surface area contributed by atoms with Gasteiger partial charge in [0.2, 0.25) is 0 Å². The van der Waals surface area contributed by atoms with Gasteiger partial charge in [0.1, 0.15) is 5.78 Å². The van der Waals surface area contributed by atoms with Crippen LogP contribution >= 0.6 is 0 Å². The molecule has 3 unspecified atom stereocenters. The standard InChI is InChI=1S/C13H20O3.C2H6.W/c1-9-11(14)10-5-8-13(9,15)16-12(10)6-3-2-4-7-12;1-2;/h9-10,15H,2-8H2,1H3;1-2H3;. The van der Waals surface area contributed by atoms with Crippen LogP contribution < -0.4 is 0 Å². The van der Waals surface area contributed by atoms with E-state index in [1.54, 1.807) is 0 Å². The van der Waals surface area contributed by atoms with Crippen LogP contribution in [0.1, 0.15) is 65.7 Å². The van der Waals surface area contributed by atoms with Crippen LogP contribution in [0.5, 0.6) is 0 Å². The van der Waals surface area contributed by atoms with Gasteiger partial charge in [-0.25, -0.2) is 0 Å². The zero-order chi connectivity index (χ0) is 13.4. The van der Waals surface area contributed by atoms with Crippen molar-refractivity contribution in [1.82, 2.24) is 0 Å². The number of Topliss-reactive ketones (excluding diaryl/α,β-unsaturated/α-hetero) is 1. The number of fused-ring (bicyclic) bond motifs is 2. The number of ketones is 1. The fourth-order valence-electron chi connectivity index (χ4n) is 3.92. The number of aliphatic hydroxyl groups is 1.